The van der Waals surface area contributed by atoms with Crippen LogP contribution in [-0.2, 0) is 6.42 Å². The van der Waals surface area contributed by atoms with Crippen LogP contribution in [-0.4, -0.2) is 12.9 Å². The van der Waals surface area contributed by atoms with Crippen LogP contribution in [0.25, 0.3) is 0 Å². The van der Waals surface area contributed by atoms with E-state index < -0.39 is 0 Å². The molecule has 0 N–H and O–H groups in total. The summed E-state index contributed by atoms with van der Waals surface area (Å²) in [7, 11) is 1.52. The molecule has 1 aromatic rings. The third-order valence-corrected chi connectivity index (χ3v) is 1.45. The van der Waals surface area contributed by atoms with E-state index in [1.807, 2.05) is 30.3 Å². The first-order chi connectivity index (χ1) is 5.33. The van der Waals surface area contributed by atoms with Crippen LogP contribution in [0.3, 0.4) is 0 Å². The fourth-order valence-electron chi connectivity index (χ4n) is 0.850. The molecule has 0 aliphatic rings. The number of aliphatic imine (C=N–C) groups is 1. The number of hydrogen-bond donors (Lipinski definition) is 0. The van der Waals surface area contributed by atoms with Gasteiger partial charge < -0.3 is 10.1 Å². The Morgan fingerprint density at radius 2 is 2.00 bits per heavy atom. The molecule has 0 heterocycles. The van der Waals surface area contributed by atoms with Gasteiger partial charge in [0.15, 0.2) is 0 Å². The lowest BCUT2D eigenvalue weighted by atomic mass is 10.1. The van der Waals surface area contributed by atoms with E-state index in [1.54, 1.807) is 0 Å². The zero-order chi connectivity index (χ0) is 8.10. The molecule has 0 amide bonds. The minimum Gasteiger partial charge on any atom is -0.862 e. The molecule has 0 saturated heterocycles. The highest BCUT2D eigenvalue weighted by molar-refractivity contribution is 5.74. The van der Waals surface area contributed by atoms with E-state index in [1.165, 1.54) is 7.05 Å². The third kappa shape index (κ3) is 2.42. The smallest absolute Gasteiger partial charge is 0.0266 e. The second-order valence-electron chi connectivity index (χ2n) is 2.28. The van der Waals surface area contributed by atoms with Crippen molar-refractivity contribution in [2.75, 3.05) is 7.05 Å². The second kappa shape index (κ2) is 3.76. The third-order valence-electron chi connectivity index (χ3n) is 1.45. The van der Waals surface area contributed by atoms with Crippen molar-refractivity contribution in [2.45, 2.75) is 6.42 Å². The molecule has 2 nitrogen and oxygen atoms in total. The fraction of sp³-hybridized carbons (Fsp3) is 0.222. The molecular formula is C9H10NO-. The predicted molar refractivity (Wildman–Crippen MR) is 43.5 cm³/mol. The average Bonchev–Trinajstić information content (AvgIpc) is 2.06. The molecular weight excluding hydrogens is 138 g/mol. The van der Waals surface area contributed by atoms with Gasteiger partial charge in [0.1, 0.15) is 0 Å². The van der Waals surface area contributed by atoms with Crippen LogP contribution >= 0.6 is 0 Å². The molecule has 58 valence electrons. The van der Waals surface area contributed by atoms with E-state index in [2.05, 4.69) is 4.99 Å². The Morgan fingerprint density at radius 3 is 2.55 bits per heavy atom. The predicted octanol–water partition coefficient (Wildman–Crippen LogP) is 0.618. The zero-order valence-corrected chi connectivity index (χ0v) is 6.45. The number of nitrogens with zero attached hydrogens (tertiary/aromatic N) is 1. The van der Waals surface area contributed by atoms with Crippen LogP contribution in [0.15, 0.2) is 35.3 Å². The topological polar surface area (TPSA) is 35.4 Å². The molecule has 11 heavy (non-hydrogen) atoms. The molecule has 0 unspecified atom stereocenters. The summed E-state index contributed by atoms with van der Waals surface area (Å²) >= 11 is 0. The first kappa shape index (κ1) is 7.79. The molecule has 1 rings (SSSR count). The van der Waals surface area contributed by atoms with Gasteiger partial charge >= 0.3 is 0 Å². The number of hydrogen-bond acceptors (Lipinski definition) is 2. The maximum Gasteiger partial charge on any atom is 0.0266 e. The van der Waals surface area contributed by atoms with Crippen LogP contribution < -0.4 is 5.11 Å². The molecule has 0 aliphatic carbocycles. The Bertz CT molecular complexity index is 241. The molecule has 0 radical (unpaired) electrons. The average molecular weight is 148 g/mol. The van der Waals surface area contributed by atoms with Crippen molar-refractivity contribution in [2.24, 2.45) is 4.99 Å². The summed E-state index contributed by atoms with van der Waals surface area (Å²) in [6.07, 6.45) is 0.414. The van der Waals surface area contributed by atoms with Gasteiger partial charge in [0.25, 0.3) is 0 Å². The Morgan fingerprint density at radius 1 is 1.36 bits per heavy atom. The lowest BCUT2D eigenvalue weighted by molar-refractivity contribution is -0.218. The van der Waals surface area contributed by atoms with Gasteiger partial charge in [0.05, 0.1) is 0 Å². The van der Waals surface area contributed by atoms with Gasteiger partial charge in [-0.2, -0.15) is 0 Å². The van der Waals surface area contributed by atoms with E-state index in [4.69, 9.17) is 0 Å². The van der Waals surface area contributed by atoms with Crippen molar-refractivity contribution in [3.63, 3.8) is 0 Å². The summed E-state index contributed by atoms with van der Waals surface area (Å²) in [5.41, 5.74) is 1.02. The largest absolute Gasteiger partial charge is 0.862 e. The fourth-order valence-corrected chi connectivity index (χ4v) is 0.850. The van der Waals surface area contributed by atoms with Gasteiger partial charge in [-0.3, -0.25) is 0 Å². The normalized spacial score (nSPS) is 11.5. The van der Waals surface area contributed by atoms with Crippen LogP contribution in [0, 0.1) is 0 Å². The molecule has 1 aromatic carbocycles. The minimum atomic E-state index is -0.0730. The van der Waals surface area contributed by atoms with Crippen molar-refractivity contribution >= 4 is 5.90 Å². The second-order valence-corrected chi connectivity index (χ2v) is 2.28. The maximum absolute atomic E-state index is 10.8. The molecule has 0 bridgehead atoms. The van der Waals surface area contributed by atoms with E-state index in [-0.39, 0.29) is 5.90 Å². The van der Waals surface area contributed by atoms with E-state index in [0.717, 1.165) is 5.56 Å². The molecule has 0 fully saturated rings. The molecule has 2 heteroatoms. The standard InChI is InChI=1S/C9H11NO/c1-10-9(11)7-8-5-3-2-4-6-8/h2-6H,7H2,1H3,(H,10,11)/p-1. The van der Waals surface area contributed by atoms with Gasteiger partial charge in [0, 0.05) is 13.5 Å². The maximum atomic E-state index is 10.8. The van der Waals surface area contributed by atoms with Crippen LogP contribution in [0.5, 0.6) is 0 Å². The van der Waals surface area contributed by atoms with Gasteiger partial charge in [-0.25, -0.2) is 0 Å². The van der Waals surface area contributed by atoms with Crippen LogP contribution in [0.2, 0.25) is 0 Å². The highest BCUT2D eigenvalue weighted by Gasteiger charge is 1.87. The molecule has 0 aliphatic heterocycles. The van der Waals surface area contributed by atoms with E-state index >= 15 is 0 Å². The number of benzene rings is 1. The highest BCUT2D eigenvalue weighted by atomic mass is 16.3. The molecule has 0 atom stereocenters. The van der Waals surface area contributed by atoms with E-state index in [9.17, 15) is 5.11 Å². The van der Waals surface area contributed by atoms with Gasteiger partial charge in [-0.1, -0.05) is 30.3 Å². The zero-order valence-electron chi connectivity index (χ0n) is 6.45. The SMILES string of the molecule is CN=C([O-])Cc1ccccc1. The summed E-state index contributed by atoms with van der Waals surface area (Å²) in [5.74, 6) is -0.0730. The van der Waals surface area contributed by atoms with E-state index in [0.29, 0.717) is 6.42 Å². The lowest BCUT2D eigenvalue weighted by Crippen LogP contribution is -2.19. The first-order valence-electron chi connectivity index (χ1n) is 3.49. The molecule has 0 saturated carbocycles. The summed E-state index contributed by atoms with van der Waals surface area (Å²) < 4.78 is 0. The summed E-state index contributed by atoms with van der Waals surface area (Å²) in [6.45, 7) is 0. The van der Waals surface area contributed by atoms with Crippen molar-refractivity contribution in [1.29, 1.82) is 0 Å². The van der Waals surface area contributed by atoms with Gasteiger partial charge in [-0.15, -0.1) is 0 Å². The summed E-state index contributed by atoms with van der Waals surface area (Å²) in [6, 6.07) is 9.60. The summed E-state index contributed by atoms with van der Waals surface area (Å²) in [5, 5.41) is 10.8. The Kier molecular flexibility index (Phi) is 2.66. The van der Waals surface area contributed by atoms with Crippen molar-refractivity contribution in [3.8, 4) is 0 Å². The van der Waals surface area contributed by atoms with Gasteiger partial charge in [0.2, 0.25) is 0 Å². The van der Waals surface area contributed by atoms with Crippen molar-refractivity contribution in [1.82, 2.24) is 0 Å². The van der Waals surface area contributed by atoms with Crippen LogP contribution in [0.4, 0.5) is 0 Å². The number of rotatable bonds is 2. The quantitative estimate of drug-likeness (QED) is 0.447. The molecule has 0 spiro atoms. The first-order valence-corrected chi connectivity index (χ1v) is 3.49. The molecule has 0 aromatic heterocycles. The lowest BCUT2D eigenvalue weighted by Gasteiger charge is -2.07. The Balaban J connectivity index is 2.65. The van der Waals surface area contributed by atoms with Crippen molar-refractivity contribution < 1.29 is 5.11 Å². The highest BCUT2D eigenvalue weighted by Crippen LogP contribution is 1.98. The minimum absolute atomic E-state index is 0.0730. The summed E-state index contributed by atoms with van der Waals surface area (Å²) in [4.78, 5) is 3.54. The Labute approximate surface area is 66.2 Å². The van der Waals surface area contributed by atoms with Crippen LogP contribution in [0.1, 0.15) is 5.56 Å². The Hall–Kier alpha value is -1.31. The van der Waals surface area contributed by atoms with Crippen molar-refractivity contribution in [3.05, 3.63) is 35.9 Å². The monoisotopic (exact) mass is 148 g/mol. The van der Waals surface area contributed by atoms with Gasteiger partial charge in [-0.05, 0) is 11.5 Å².